The number of sulfonamides is 1. The van der Waals surface area contributed by atoms with E-state index in [0.29, 0.717) is 42.8 Å². The van der Waals surface area contributed by atoms with Crippen molar-refractivity contribution in [3.8, 4) is 11.5 Å². The molecule has 0 aliphatic carbocycles. The van der Waals surface area contributed by atoms with Crippen molar-refractivity contribution in [2.24, 2.45) is 5.92 Å². The monoisotopic (exact) mass is 432 g/mol. The predicted molar refractivity (Wildman–Crippen MR) is 115 cm³/mol. The highest BCUT2D eigenvalue weighted by Crippen LogP contribution is 2.27. The third-order valence-corrected chi connectivity index (χ3v) is 6.78. The van der Waals surface area contributed by atoms with E-state index in [1.165, 1.54) is 12.1 Å². The van der Waals surface area contributed by atoms with Gasteiger partial charge >= 0.3 is 0 Å². The summed E-state index contributed by atoms with van der Waals surface area (Å²) >= 11 is 0. The van der Waals surface area contributed by atoms with Gasteiger partial charge in [-0.3, -0.25) is 4.79 Å². The largest absolute Gasteiger partial charge is 0.490 e. The fourth-order valence-corrected chi connectivity index (χ4v) is 5.01. The number of nitrogens with zero attached hydrogens (tertiary/aromatic N) is 1. The molecule has 1 saturated heterocycles. The molecule has 1 fully saturated rings. The van der Waals surface area contributed by atoms with Gasteiger partial charge in [0.25, 0.3) is 5.91 Å². The summed E-state index contributed by atoms with van der Waals surface area (Å²) in [6, 6.07) is 13.4. The van der Waals surface area contributed by atoms with Crippen LogP contribution in [0, 0.1) is 5.92 Å². The zero-order chi connectivity index (χ0) is 21.6. The van der Waals surface area contributed by atoms with Gasteiger partial charge in [-0.1, -0.05) is 19.1 Å². The third-order valence-electron chi connectivity index (χ3n) is 4.90. The number of piperidine rings is 1. The molecular formula is C22H28N2O5S. The van der Waals surface area contributed by atoms with E-state index in [-0.39, 0.29) is 17.4 Å². The molecule has 8 heteroatoms. The van der Waals surface area contributed by atoms with Crippen LogP contribution < -0.4 is 14.8 Å². The molecule has 0 spiro atoms. The van der Waals surface area contributed by atoms with Gasteiger partial charge in [0.15, 0.2) is 18.1 Å². The highest BCUT2D eigenvalue weighted by Gasteiger charge is 2.28. The summed E-state index contributed by atoms with van der Waals surface area (Å²) in [6.45, 7) is 5.34. The number of amides is 1. The molecule has 0 aromatic heterocycles. The van der Waals surface area contributed by atoms with Gasteiger partial charge in [0, 0.05) is 18.8 Å². The first-order valence-corrected chi connectivity index (χ1v) is 11.6. The van der Waals surface area contributed by atoms with E-state index in [2.05, 4.69) is 12.2 Å². The van der Waals surface area contributed by atoms with Crippen LogP contribution in [0.25, 0.3) is 0 Å². The van der Waals surface area contributed by atoms with Crippen molar-refractivity contribution in [1.82, 2.24) is 4.31 Å². The van der Waals surface area contributed by atoms with Crippen LogP contribution in [-0.2, 0) is 14.8 Å². The summed E-state index contributed by atoms with van der Waals surface area (Å²) in [7, 11) is -3.51. The molecule has 3 rings (SSSR count). The summed E-state index contributed by atoms with van der Waals surface area (Å²) in [4.78, 5) is 12.4. The van der Waals surface area contributed by atoms with Crippen molar-refractivity contribution in [3.63, 3.8) is 0 Å². The molecule has 162 valence electrons. The van der Waals surface area contributed by atoms with Gasteiger partial charge in [0.2, 0.25) is 10.0 Å². The van der Waals surface area contributed by atoms with E-state index in [1.54, 1.807) is 34.6 Å². The molecule has 0 radical (unpaired) electrons. The van der Waals surface area contributed by atoms with Gasteiger partial charge in [-0.15, -0.1) is 0 Å². The number of para-hydroxylation sites is 2. The van der Waals surface area contributed by atoms with Crippen molar-refractivity contribution < 1.29 is 22.7 Å². The highest BCUT2D eigenvalue weighted by atomic mass is 32.2. The summed E-state index contributed by atoms with van der Waals surface area (Å²) in [6.07, 6.45) is 1.93. The topological polar surface area (TPSA) is 84.9 Å². The standard InChI is InChI=1S/C22H28N2O5S/c1-3-28-20-8-4-5-9-21(20)29-16-22(25)23-18-10-12-19(13-11-18)30(26,27)24-14-6-7-17(2)15-24/h4-5,8-13,17H,3,6-7,14-16H2,1-2H3,(H,23,25)/t17-/m1/s1. The molecule has 1 aliphatic rings. The van der Waals surface area contributed by atoms with E-state index in [4.69, 9.17) is 9.47 Å². The molecule has 2 aromatic carbocycles. The Morgan fingerprint density at radius 3 is 2.40 bits per heavy atom. The lowest BCUT2D eigenvalue weighted by Crippen LogP contribution is -2.39. The van der Waals surface area contributed by atoms with Crippen molar-refractivity contribution in [2.45, 2.75) is 31.6 Å². The van der Waals surface area contributed by atoms with Gasteiger partial charge in [-0.25, -0.2) is 8.42 Å². The minimum atomic E-state index is -3.51. The Labute approximate surface area is 178 Å². The second kappa shape index (κ2) is 9.95. The first kappa shape index (κ1) is 22.1. The highest BCUT2D eigenvalue weighted by molar-refractivity contribution is 7.89. The Hall–Kier alpha value is -2.58. The first-order chi connectivity index (χ1) is 14.4. The molecule has 2 aromatic rings. The van der Waals surface area contributed by atoms with Crippen LogP contribution in [0.1, 0.15) is 26.7 Å². The van der Waals surface area contributed by atoms with Crippen molar-refractivity contribution in [2.75, 3.05) is 31.6 Å². The molecule has 7 nitrogen and oxygen atoms in total. The third kappa shape index (κ3) is 5.52. The average Bonchev–Trinajstić information content (AvgIpc) is 2.74. The van der Waals surface area contributed by atoms with E-state index < -0.39 is 10.0 Å². The lowest BCUT2D eigenvalue weighted by Gasteiger charge is -2.30. The smallest absolute Gasteiger partial charge is 0.262 e. The van der Waals surface area contributed by atoms with Gasteiger partial charge < -0.3 is 14.8 Å². The van der Waals surface area contributed by atoms with E-state index in [0.717, 1.165) is 12.8 Å². The average molecular weight is 433 g/mol. The molecule has 30 heavy (non-hydrogen) atoms. The van der Waals surface area contributed by atoms with Crippen molar-refractivity contribution in [3.05, 3.63) is 48.5 Å². The van der Waals surface area contributed by atoms with Crippen LogP contribution in [0.5, 0.6) is 11.5 Å². The molecule has 1 heterocycles. The van der Waals surface area contributed by atoms with E-state index >= 15 is 0 Å². The van der Waals surface area contributed by atoms with Crippen LogP contribution >= 0.6 is 0 Å². The predicted octanol–water partition coefficient (Wildman–Crippen LogP) is 3.52. The maximum Gasteiger partial charge on any atom is 0.262 e. The number of ether oxygens (including phenoxy) is 2. The summed E-state index contributed by atoms with van der Waals surface area (Å²) in [5, 5.41) is 2.72. The number of hydrogen-bond donors (Lipinski definition) is 1. The number of carbonyl (C=O) groups excluding carboxylic acids is 1. The number of nitrogens with one attached hydrogen (secondary N) is 1. The number of carbonyl (C=O) groups is 1. The molecule has 0 unspecified atom stereocenters. The van der Waals surface area contributed by atoms with Crippen LogP contribution in [-0.4, -0.2) is 44.9 Å². The number of rotatable bonds is 8. The molecule has 0 saturated carbocycles. The summed E-state index contributed by atoms with van der Waals surface area (Å²) < 4.78 is 38.2. The van der Waals surface area contributed by atoms with Crippen LogP contribution in [0.2, 0.25) is 0 Å². The maximum absolute atomic E-state index is 12.8. The Bertz CT molecular complexity index is 960. The minimum absolute atomic E-state index is 0.185. The van der Waals surface area contributed by atoms with Crippen molar-refractivity contribution in [1.29, 1.82) is 0 Å². The first-order valence-electron chi connectivity index (χ1n) is 10.1. The van der Waals surface area contributed by atoms with Gasteiger partial charge in [-0.05, 0) is 62.1 Å². The zero-order valence-electron chi connectivity index (χ0n) is 17.3. The molecule has 1 atom stereocenters. The minimum Gasteiger partial charge on any atom is -0.490 e. The van der Waals surface area contributed by atoms with E-state index in [1.807, 2.05) is 13.0 Å². The van der Waals surface area contributed by atoms with Gasteiger partial charge in [0.1, 0.15) is 0 Å². The van der Waals surface area contributed by atoms with Crippen LogP contribution in [0.4, 0.5) is 5.69 Å². The Morgan fingerprint density at radius 2 is 1.77 bits per heavy atom. The molecule has 1 amide bonds. The second-order valence-corrected chi connectivity index (χ2v) is 9.29. The lowest BCUT2D eigenvalue weighted by atomic mass is 10.0. The van der Waals surface area contributed by atoms with Crippen LogP contribution in [0.3, 0.4) is 0 Å². The second-order valence-electron chi connectivity index (χ2n) is 7.35. The number of benzene rings is 2. The van der Waals surface area contributed by atoms with Gasteiger partial charge in [-0.2, -0.15) is 4.31 Å². The van der Waals surface area contributed by atoms with Crippen molar-refractivity contribution >= 4 is 21.6 Å². The Kier molecular flexibility index (Phi) is 7.33. The maximum atomic E-state index is 12.8. The van der Waals surface area contributed by atoms with Crippen LogP contribution in [0.15, 0.2) is 53.4 Å². The Morgan fingerprint density at radius 1 is 1.10 bits per heavy atom. The normalized spacial score (nSPS) is 17.3. The Balaban J connectivity index is 1.58. The summed E-state index contributed by atoms with van der Waals surface area (Å²) in [5.41, 5.74) is 0.507. The molecule has 1 N–H and O–H groups in total. The molecular weight excluding hydrogens is 404 g/mol. The molecule has 0 bridgehead atoms. The summed E-state index contributed by atoms with van der Waals surface area (Å²) in [5.74, 6) is 1.09. The quantitative estimate of drug-likeness (QED) is 0.690. The SMILES string of the molecule is CCOc1ccccc1OCC(=O)Nc1ccc(S(=O)(=O)N2CCC[C@@H](C)C2)cc1. The lowest BCUT2D eigenvalue weighted by molar-refractivity contribution is -0.118. The fourth-order valence-electron chi connectivity index (χ4n) is 3.41. The zero-order valence-corrected chi connectivity index (χ0v) is 18.2. The molecule has 1 aliphatic heterocycles. The number of anilines is 1. The van der Waals surface area contributed by atoms with Gasteiger partial charge in [0.05, 0.1) is 11.5 Å². The number of hydrogen-bond acceptors (Lipinski definition) is 5. The fraction of sp³-hybridized carbons (Fsp3) is 0.409. The van der Waals surface area contributed by atoms with E-state index in [9.17, 15) is 13.2 Å².